The second-order valence-electron chi connectivity index (χ2n) is 13.1. The summed E-state index contributed by atoms with van der Waals surface area (Å²) in [7, 11) is 0. The molecule has 1 aliphatic carbocycles. The summed E-state index contributed by atoms with van der Waals surface area (Å²) < 4.78 is 5.80. The number of hydrazine groups is 1. The van der Waals surface area contributed by atoms with Crippen LogP contribution >= 0.6 is 0 Å². The molecular formula is C33H45N5O6. The Kier molecular flexibility index (Phi) is 9.55. The Bertz CT molecular complexity index is 1400. The number of cyclic esters (lactones) is 1. The number of amides is 3. The fourth-order valence-electron chi connectivity index (χ4n) is 6.55. The number of pyridine rings is 1. The summed E-state index contributed by atoms with van der Waals surface area (Å²) in [6.45, 7) is 7.47. The molecule has 1 saturated heterocycles. The molecule has 1 spiro atoms. The molecule has 238 valence electrons. The number of fused-ring (bicyclic) bond motifs is 4. The standard InChI is InChI=1S/C33H45N5O6/c1-19(2)28-29(40)34-20(3)30(41)38-17-5-6-26(37-38)31(42)44-21(4)25-10-9-23-8-7-22(18-27(23)35-25)11-14-33(32(43)36-28)15-12-24(39)13-16-33/h7-10,18-21,24,26,28,37,39H,5-6,11-17H2,1-4H3,(H,34,40)(H,36,43)/t20-,21+,24?,26-,28-,33?/m0/s1. The molecule has 4 atom stereocenters. The number of hydrogen-bond donors (Lipinski definition) is 4. The lowest BCUT2D eigenvalue weighted by atomic mass is 9.69. The fraction of sp³-hybridized carbons (Fsp3) is 0.606. The zero-order valence-electron chi connectivity index (χ0n) is 26.1. The third kappa shape index (κ3) is 6.89. The van der Waals surface area contributed by atoms with Crippen LogP contribution in [-0.4, -0.2) is 69.6 Å². The molecule has 3 aliphatic rings. The highest BCUT2D eigenvalue weighted by Crippen LogP contribution is 2.41. The summed E-state index contributed by atoms with van der Waals surface area (Å²) in [4.78, 5) is 58.8. The van der Waals surface area contributed by atoms with E-state index in [1.807, 2.05) is 44.2 Å². The maximum absolute atomic E-state index is 14.0. The average molecular weight is 608 g/mol. The highest BCUT2D eigenvalue weighted by molar-refractivity contribution is 5.93. The predicted molar refractivity (Wildman–Crippen MR) is 164 cm³/mol. The number of aryl methyl sites for hydroxylation is 1. The van der Waals surface area contributed by atoms with E-state index in [1.54, 1.807) is 13.8 Å². The Labute approximate surface area is 258 Å². The van der Waals surface area contributed by atoms with Crippen molar-refractivity contribution in [2.24, 2.45) is 11.3 Å². The first kappa shape index (κ1) is 31.8. The second-order valence-corrected chi connectivity index (χ2v) is 13.1. The highest BCUT2D eigenvalue weighted by atomic mass is 16.5. The van der Waals surface area contributed by atoms with Gasteiger partial charge in [-0.3, -0.25) is 24.2 Å². The molecule has 0 unspecified atom stereocenters. The van der Waals surface area contributed by atoms with Crippen molar-refractivity contribution in [3.8, 4) is 0 Å². The molecule has 11 heteroatoms. The zero-order valence-corrected chi connectivity index (χ0v) is 26.1. The van der Waals surface area contributed by atoms with Crippen molar-refractivity contribution in [1.29, 1.82) is 0 Å². The average Bonchev–Trinajstić information content (AvgIpc) is 3.01. The monoisotopic (exact) mass is 607 g/mol. The lowest BCUT2D eigenvalue weighted by Crippen LogP contribution is -2.61. The van der Waals surface area contributed by atoms with E-state index in [0.29, 0.717) is 63.6 Å². The van der Waals surface area contributed by atoms with E-state index in [2.05, 4.69) is 16.1 Å². The summed E-state index contributed by atoms with van der Waals surface area (Å²) in [6.07, 6.45) is 3.26. The van der Waals surface area contributed by atoms with Crippen molar-refractivity contribution >= 4 is 34.6 Å². The van der Waals surface area contributed by atoms with Crippen molar-refractivity contribution in [3.05, 3.63) is 41.6 Å². The van der Waals surface area contributed by atoms with Crippen LogP contribution in [0.15, 0.2) is 30.3 Å². The molecule has 0 radical (unpaired) electrons. The number of nitrogens with zero attached hydrogens (tertiary/aromatic N) is 2. The Hall–Kier alpha value is -3.57. The summed E-state index contributed by atoms with van der Waals surface area (Å²) >= 11 is 0. The molecule has 11 nitrogen and oxygen atoms in total. The van der Waals surface area contributed by atoms with Crippen LogP contribution < -0.4 is 16.1 Å². The van der Waals surface area contributed by atoms with Gasteiger partial charge < -0.3 is 20.5 Å². The highest BCUT2D eigenvalue weighted by Gasteiger charge is 2.43. The van der Waals surface area contributed by atoms with E-state index in [1.165, 1.54) is 5.01 Å². The number of benzene rings is 1. The first-order valence-electron chi connectivity index (χ1n) is 15.9. The van der Waals surface area contributed by atoms with Gasteiger partial charge in [0.15, 0.2) is 0 Å². The number of hydrogen-bond acceptors (Lipinski definition) is 8. The number of aromatic nitrogens is 1. The minimum Gasteiger partial charge on any atom is -0.455 e. The molecule has 4 N–H and O–H groups in total. The molecule has 3 heterocycles. The molecular weight excluding hydrogens is 562 g/mol. The molecule has 3 amide bonds. The van der Waals surface area contributed by atoms with E-state index in [9.17, 15) is 24.3 Å². The topological polar surface area (TPSA) is 150 Å². The van der Waals surface area contributed by atoms with Crippen LogP contribution in [-0.2, 0) is 30.3 Å². The zero-order chi connectivity index (χ0) is 31.6. The van der Waals surface area contributed by atoms with Gasteiger partial charge in [0.25, 0.3) is 5.91 Å². The van der Waals surface area contributed by atoms with Crippen LogP contribution in [0.5, 0.6) is 0 Å². The molecule has 44 heavy (non-hydrogen) atoms. The van der Waals surface area contributed by atoms with E-state index in [0.717, 1.165) is 16.5 Å². The normalized spacial score (nSPS) is 31.1. The third-order valence-corrected chi connectivity index (χ3v) is 9.48. The first-order valence-corrected chi connectivity index (χ1v) is 15.9. The maximum atomic E-state index is 14.0. The largest absolute Gasteiger partial charge is 0.455 e. The third-order valence-electron chi connectivity index (χ3n) is 9.48. The Balaban J connectivity index is 1.49. The molecule has 2 aliphatic heterocycles. The van der Waals surface area contributed by atoms with Gasteiger partial charge in [-0.15, -0.1) is 0 Å². The Morgan fingerprint density at radius 3 is 2.45 bits per heavy atom. The van der Waals surface area contributed by atoms with Gasteiger partial charge in [-0.2, -0.15) is 0 Å². The van der Waals surface area contributed by atoms with E-state index in [4.69, 9.17) is 9.72 Å². The van der Waals surface area contributed by atoms with Crippen LogP contribution in [0.4, 0.5) is 0 Å². The minimum absolute atomic E-state index is 0.200. The fourth-order valence-corrected chi connectivity index (χ4v) is 6.55. The van der Waals surface area contributed by atoms with Crippen LogP contribution in [0.2, 0.25) is 0 Å². The van der Waals surface area contributed by atoms with Gasteiger partial charge in [-0.05, 0) is 88.8 Å². The van der Waals surface area contributed by atoms with E-state index >= 15 is 0 Å². The summed E-state index contributed by atoms with van der Waals surface area (Å²) in [6, 6.07) is 7.40. The van der Waals surface area contributed by atoms with E-state index < -0.39 is 47.6 Å². The number of carbonyl (C=O) groups is 4. The number of ether oxygens (including phenoxy) is 1. The number of aliphatic hydroxyl groups is 1. The van der Waals surface area contributed by atoms with Gasteiger partial charge >= 0.3 is 5.97 Å². The van der Waals surface area contributed by atoms with Crippen molar-refractivity contribution in [2.45, 2.75) is 109 Å². The number of nitrogens with one attached hydrogen (secondary N) is 3. The Morgan fingerprint density at radius 1 is 1.00 bits per heavy atom. The maximum Gasteiger partial charge on any atom is 0.325 e. The number of carbonyl (C=O) groups excluding carboxylic acids is 4. The van der Waals surface area contributed by atoms with Gasteiger partial charge in [0.1, 0.15) is 24.2 Å². The van der Waals surface area contributed by atoms with Crippen LogP contribution in [0, 0.1) is 11.3 Å². The van der Waals surface area contributed by atoms with Crippen LogP contribution in [0.1, 0.15) is 90.0 Å². The number of rotatable bonds is 1. The van der Waals surface area contributed by atoms with Gasteiger partial charge in [0.2, 0.25) is 11.8 Å². The molecule has 2 aromatic rings. The summed E-state index contributed by atoms with van der Waals surface area (Å²) in [5, 5.41) is 18.4. The lowest BCUT2D eigenvalue weighted by Gasteiger charge is -2.39. The Morgan fingerprint density at radius 2 is 1.73 bits per heavy atom. The molecule has 5 bridgehead atoms. The minimum atomic E-state index is -0.892. The summed E-state index contributed by atoms with van der Waals surface area (Å²) in [5.41, 5.74) is 4.65. The smallest absolute Gasteiger partial charge is 0.325 e. The van der Waals surface area contributed by atoms with Crippen molar-refractivity contribution in [3.63, 3.8) is 0 Å². The first-order chi connectivity index (χ1) is 21.0. The van der Waals surface area contributed by atoms with Crippen LogP contribution in [0.25, 0.3) is 10.9 Å². The van der Waals surface area contributed by atoms with Crippen LogP contribution in [0.3, 0.4) is 0 Å². The van der Waals surface area contributed by atoms with Gasteiger partial charge in [0.05, 0.1) is 17.3 Å². The lowest BCUT2D eigenvalue weighted by molar-refractivity contribution is -0.157. The number of aliphatic hydroxyl groups excluding tert-OH is 1. The SMILES string of the molecule is CC(C)[C@@H]1NC(=O)C2(CCc3ccc4ccc(nc4c3)[C@@H](C)OC(=O)[C@@H]3CCCN(N3)C(=O)[C@H](C)NC1=O)CCC(O)CC2. The van der Waals surface area contributed by atoms with E-state index in [-0.39, 0.29) is 17.7 Å². The molecule has 1 aromatic carbocycles. The number of esters is 1. The summed E-state index contributed by atoms with van der Waals surface area (Å²) in [5.74, 6) is -1.73. The van der Waals surface area contributed by atoms with Crippen molar-refractivity contribution in [2.75, 3.05) is 6.54 Å². The van der Waals surface area contributed by atoms with Crippen molar-refractivity contribution in [1.82, 2.24) is 26.1 Å². The van der Waals surface area contributed by atoms with Crippen molar-refractivity contribution < 1.29 is 29.0 Å². The molecule has 2 fully saturated rings. The van der Waals surface area contributed by atoms with Gasteiger partial charge in [-0.1, -0.05) is 32.0 Å². The predicted octanol–water partition coefficient (Wildman–Crippen LogP) is 2.85. The molecule has 1 saturated carbocycles. The van der Waals surface area contributed by atoms with Gasteiger partial charge in [0, 0.05) is 17.3 Å². The quantitative estimate of drug-likeness (QED) is 0.362. The van der Waals surface area contributed by atoms with Gasteiger partial charge in [-0.25, -0.2) is 10.4 Å². The second kappa shape index (κ2) is 13.2. The molecule has 5 rings (SSSR count). The molecule has 1 aromatic heterocycles.